The van der Waals surface area contributed by atoms with E-state index in [0.717, 1.165) is 38.5 Å². The van der Waals surface area contributed by atoms with Crippen LogP contribution in [-0.2, 0) is 4.79 Å². The molecule has 2 rings (SSSR count). The number of aliphatic carboxylic acids is 1. The molecule has 1 saturated heterocycles. The van der Waals surface area contributed by atoms with E-state index in [9.17, 15) is 4.79 Å². The van der Waals surface area contributed by atoms with Crippen molar-refractivity contribution in [1.82, 2.24) is 9.80 Å². The highest BCUT2D eigenvalue weighted by molar-refractivity contribution is 5.69. The van der Waals surface area contributed by atoms with Crippen molar-refractivity contribution >= 4 is 5.97 Å². The molecule has 1 fully saturated rings. The van der Waals surface area contributed by atoms with Gasteiger partial charge in [0.2, 0.25) is 0 Å². The lowest BCUT2D eigenvalue weighted by Crippen LogP contribution is -2.48. The maximum atomic E-state index is 10.7. The summed E-state index contributed by atoms with van der Waals surface area (Å²) in [7, 11) is 0. The number of carboxylic acid groups (broad SMARTS) is 1. The van der Waals surface area contributed by atoms with Crippen molar-refractivity contribution in [3.8, 4) is 5.75 Å². The first kappa shape index (κ1) is 15.8. The van der Waals surface area contributed by atoms with Crippen LogP contribution in [0.4, 0.5) is 0 Å². The van der Waals surface area contributed by atoms with Crippen LogP contribution in [0.15, 0.2) is 18.2 Å². The minimum Gasteiger partial charge on any atom is -0.492 e. The van der Waals surface area contributed by atoms with E-state index in [1.165, 1.54) is 11.1 Å². The van der Waals surface area contributed by atoms with Gasteiger partial charge in [-0.3, -0.25) is 14.6 Å². The molecule has 0 saturated carbocycles. The molecule has 5 heteroatoms. The van der Waals surface area contributed by atoms with Crippen molar-refractivity contribution in [1.29, 1.82) is 0 Å². The van der Waals surface area contributed by atoms with Crippen molar-refractivity contribution in [2.75, 3.05) is 45.9 Å². The summed E-state index contributed by atoms with van der Waals surface area (Å²) in [4.78, 5) is 15.0. The summed E-state index contributed by atoms with van der Waals surface area (Å²) in [5.74, 6) is 0.179. The van der Waals surface area contributed by atoms with Gasteiger partial charge in [-0.1, -0.05) is 6.07 Å². The van der Waals surface area contributed by atoms with E-state index in [0.29, 0.717) is 6.61 Å². The van der Waals surface area contributed by atoms with Crippen molar-refractivity contribution < 1.29 is 14.6 Å². The van der Waals surface area contributed by atoms with Gasteiger partial charge in [-0.05, 0) is 37.1 Å². The molecule has 1 aliphatic heterocycles. The zero-order valence-corrected chi connectivity index (χ0v) is 12.8. The lowest BCUT2D eigenvalue weighted by Gasteiger charge is -2.33. The predicted octanol–water partition coefficient (Wildman–Crippen LogP) is 1.38. The third-order valence-corrected chi connectivity index (χ3v) is 3.70. The Morgan fingerprint density at radius 1 is 1.10 bits per heavy atom. The lowest BCUT2D eigenvalue weighted by atomic mass is 10.1. The van der Waals surface area contributed by atoms with Gasteiger partial charge < -0.3 is 9.84 Å². The molecule has 0 atom stereocenters. The van der Waals surface area contributed by atoms with Crippen LogP contribution in [0.2, 0.25) is 0 Å². The Morgan fingerprint density at radius 3 is 2.24 bits per heavy atom. The molecule has 1 aromatic rings. The molecule has 0 unspecified atom stereocenters. The average Bonchev–Trinajstić information content (AvgIpc) is 2.39. The number of carboxylic acids is 1. The number of ether oxygens (including phenoxy) is 1. The molecule has 0 spiro atoms. The van der Waals surface area contributed by atoms with Crippen LogP contribution in [0, 0.1) is 13.8 Å². The smallest absolute Gasteiger partial charge is 0.317 e. The predicted molar refractivity (Wildman–Crippen MR) is 81.9 cm³/mol. The van der Waals surface area contributed by atoms with E-state index in [1.807, 2.05) is 4.90 Å². The van der Waals surface area contributed by atoms with Crippen LogP contribution >= 0.6 is 0 Å². The van der Waals surface area contributed by atoms with E-state index in [2.05, 4.69) is 36.9 Å². The van der Waals surface area contributed by atoms with Gasteiger partial charge in [-0.15, -0.1) is 0 Å². The fourth-order valence-corrected chi connectivity index (χ4v) is 2.67. The zero-order valence-electron chi connectivity index (χ0n) is 12.8. The van der Waals surface area contributed by atoms with E-state index >= 15 is 0 Å². The Balaban J connectivity index is 1.69. The van der Waals surface area contributed by atoms with E-state index in [1.54, 1.807) is 0 Å². The number of carbonyl (C=O) groups is 1. The van der Waals surface area contributed by atoms with Crippen molar-refractivity contribution in [2.45, 2.75) is 13.8 Å². The maximum absolute atomic E-state index is 10.7. The Labute approximate surface area is 126 Å². The third-order valence-electron chi connectivity index (χ3n) is 3.70. The quantitative estimate of drug-likeness (QED) is 0.858. The SMILES string of the molecule is Cc1cc(C)cc(OCCN2CCN(CC(=O)O)CC2)c1. The van der Waals surface area contributed by atoms with Crippen LogP contribution in [-0.4, -0.2) is 66.8 Å². The zero-order chi connectivity index (χ0) is 15.2. The van der Waals surface area contributed by atoms with Crippen LogP contribution in [0.25, 0.3) is 0 Å². The molecule has 1 aromatic carbocycles. The Kier molecular flexibility index (Phi) is 5.59. The molecule has 1 aliphatic rings. The molecule has 5 nitrogen and oxygen atoms in total. The van der Waals surface area contributed by atoms with E-state index < -0.39 is 5.97 Å². The number of benzene rings is 1. The highest BCUT2D eigenvalue weighted by Crippen LogP contribution is 2.16. The normalized spacial score (nSPS) is 16.9. The largest absolute Gasteiger partial charge is 0.492 e. The molecule has 1 heterocycles. The first-order chi connectivity index (χ1) is 10.0. The van der Waals surface area contributed by atoms with E-state index in [4.69, 9.17) is 9.84 Å². The molecule has 116 valence electrons. The molecule has 0 bridgehead atoms. The number of hydrogen-bond acceptors (Lipinski definition) is 4. The van der Waals surface area contributed by atoms with Gasteiger partial charge in [0.1, 0.15) is 12.4 Å². The van der Waals surface area contributed by atoms with Gasteiger partial charge in [-0.25, -0.2) is 0 Å². The molecular weight excluding hydrogens is 268 g/mol. The van der Waals surface area contributed by atoms with Crippen LogP contribution in [0.5, 0.6) is 5.75 Å². The second-order valence-corrected chi connectivity index (χ2v) is 5.68. The van der Waals surface area contributed by atoms with Gasteiger partial charge in [0.05, 0.1) is 6.54 Å². The molecule has 0 aromatic heterocycles. The maximum Gasteiger partial charge on any atom is 0.317 e. The third kappa shape index (κ3) is 5.36. The number of rotatable bonds is 6. The van der Waals surface area contributed by atoms with Crippen LogP contribution < -0.4 is 4.74 Å². The number of aryl methyl sites for hydroxylation is 2. The summed E-state index contributed by atoms with van der Waals surface area (Å²) >= 11 is 0. The first-order valence-corrected chi connectivity index (χ1v) is 7.40. The van der Waals surface area contributed by atoms with Crippen molar-refractivity contribution in [3.63, 3.8) is 0 Å². The summed E-state index contributed by atoms with van der Waals surface area (Å²) in [6, 6.07) is 6.24. The van der Waals surface area contributed by atoms with E-state index in [-0.39, 0.29) is 6.54 Å². The van der Waals surface area contributed by atoms with Crippen molar-refractivity contribution in [3.05, 3.63) is 29.3 Å². The Hall–Kier alpha value is -1.59. The van der Waals surface area contributed by atoms with Gasteiger partial charge in [-0.2, -0.15) is 0 Å². The molecule has 0 radical (unpaired) electrons. The molecule has 1 N–H and O–H groups in total. The second-order valence-electron chi connectivity index (χ2n) is 5.68. The minimum atomic E-state index is -0.749. The summed E-state index contributed by atoms with van der Waals surface area (Å²) in [6.45, 7) is 9.28. The molecule has 21 heavy (non-hydrogen) atoms. The molecule has 0 amide bonds. The fraction of sp³-hybridized carbons (Fsp3) is 0.562. The minimum absolute atomic E-state index is 0.146. The Bertz CT molecular complexity index is 462. The van der Waals surface area contributed by atoms with Crippen LogP contribution in [0.3, 0.4) is 0 Å². The average molecular weight is 292 g/mol. The number of hydrogen-bond donors (Lipinski definition) is 1. The highest BCUT2D eigenvalue weighted by Gasteiger charge is 2.18. The standard InChI is InChI=1S/C16H24N2O3/c1-13-9-14(2)11-15(10-13)21-8-7-17-3-5-18(6-4-17)12-16(19)20/h9-11H,3-8,12H2,1-2H3,(H,19,20). The van der Waals surface area contributed by atoms with Gasteiger partial charge >= 0.3 is 5.97 Å². The highest BCUT2D eigenvalue weighted by atomic mass is 16.5. The Morgan fingerprint density at radius 2 is 1.67 bits per heavy atom. The summed E-state index contributed by atoms with van der Waals surface area (Å²) in [5, 5.41) is 8.77. The molecular formula is C16H24N2O3. The summed E-state index contributed by atoms with van der Waals surface area (Å²) in [5.41, 5.74) is 2.43. The van der Waals surface area contributed by atoms with Crippen molar-refractivity contribution in [2.24, 2.45) is 0 Å². The summed E-state index contributed by atoms with van der Waals surface area (Å²) in [6.07, 6.45) is 0. The van der Waals surface area contributed by atoms with Gasteiger partial charge in [0, 0.05) is 32.7 Å². The second kappa shape index (κ2) is 7.43. The van der Waals surface area contributed by atoms with Crippen LogP contribution in [0.1, 0.15) is 11.1 Å². The van der Waals surface area contributed by atoms with Gasteiger partial charge in [0.15, 0.2) is 0 Å². The first-order valence-electron chi connectivity index (χ1n) is 7.40. The number of piperazine rings is 1. The monoisotopic (exact) mass is 292 g/mol. The fourth-order valence-electron chi connectivity index (χ4n) is 2.67. The van der Waals surface area contributed by atoms with Gasteiger partial charge in [0.25, 0.3) is 0 Å². The number of nitrogens with zero attached hydrogens (tertiary/aromatic N) is 2. The molecule has 0 aliphatic carbocycles. The topological polar surface area (TPSA) is 53.0 Å². The lowest BCUT2D eigenvalue weighted by molar-refractivity contribution is -0.138. The summed E-state index contributed by atoms with van der Waals surface area (Å²) < 4.78 is 5.81.